The third kappa shape index (κ3) is 8.56. The first-order valence-electron chi connectivity index (χ1n) is 16.8. The van der Waals surface area contributed by atoms with Crippen LogP contribution in [0.4, 0.5) is 26.3 Å². The van der Waals surface area contributed by atoms with Crippen LogP contribution in [-0.4, -0.2) is 57.5 Å². The third-order valence-corrected chi connectivity index (χ3v) is 9.46. The van der Waals surface area contributed by atoms with Crippen molar-refractivity contribution in [2.24, 2.45) is 0 Å². The maximum atomic E-state index is 15.9. The van der Waals surface area contributed by atoms with Gasteiger partial charge in [-0.3, -0.25) is 19.3 Å². The number of hydrogen-bond donors (Lipinski definition) is 2. The number of aromatic nitrogens is 2. The summed E-state index contributed by atoms with van der Waals surface area (Å²) in [5, 5.41) is 16.4. The summed E-state index contributed by atoms with van der Waals surface area (Å²) in [6, 6.07) is 3.32. The number of fused-ring (bicyclic) bond motifs is 4. The Morgan fingerprint density at radius 3 is 2.36 bits per heavy atom. The van der Waals surface area contributed by atoms with E-state index in [2.05, 4.69) is 10.4 Å². The average Bonchev–Trinajstić information content (AvgIpc) is 3.00. The summed E-state index contributed by atoms with van der Waals surface area (Å²) < 4.78 is 86.6. The van der Waals surface area contributed by atoms with E-state index < -0.39 is 71.2 Å². The Balaban J connectivity index is 1.59. The molecule has 2 aliphatic rings. The van der Waals surface area contributed by atoms with Crippen molar-refractivity contribution in [2.45, 2.75) is 96.1 Å². The van der Waals surface area contributed by atoms with Gasteiger partial charge < -0.3 is 10.4 Å². The zero-order chi connectivity index (χ0) is 36.3. The number of halogens is 6. The van der Waals surface area contributed by atoms with E-state index in [-0.39, 0.29) is 43.6 Å². The second-order valence-electron chi connectivity index (χ2n) is 13.3. The van der Waals surface area contributed by atoms with Gasteiger partial charge in [-0.1, -0.05) is 25.7 Å². The van der Waals surface area contributed by atoms with Crippen LogP contribution in [0.5, 0.6) is 0 Å². The fraction of sp³-hybridized carbons (Fsp3) is 0.500. The summed E-state index contributed by atoms with van der Waals surface area (Å²) in [7, 11) is 0. The summed E-state index contributed by atoms with van der Waals surface area (Å²) in [5.41, 5.74) is -0.417. The van der Waals surface area contributed by atoms with Gasteiger partial charge in [0.2, 0.25) is 5.91 Å². The number of aryl methyl sites for hydroxylation is 3. The number of nitrogens with one attached hydrogen (secondary N) is 1. The topological polar surface area (TPSA) is 105 Å². The van der Waals surface area contributed by atoms with E-state index in [1.54, 1.807) is 17.9 Å². The van der Waals surface area contributed by atoms with Gasteiger partial charge in [0, 0.05) is 37.7 Å². The van der Waals surface area contributed by atoms with E-state index in [1.807, 2.05) is 0 Å². The molecule has 2 aromatic carbocycles. The van der Waals surface area contributed by atoms with E-state index in [9.17, 15) is 41.4 Å². The van der Waals surface area contributed by atoms with Gasteiger partial charge in [-0.15, -0.1) is 0 Å². The number of alkyl halides is 4. The summed E-state index contributed by atoms with van der Waals surface area (Å²) in [4.78, 5) is 41.0. The Labute approximate surface area is 285 Å². The minimum absolute atomic E-state index is 0.0201. The maximum absolute atomic E-state index is 15.9. The first-order valence-corrected chi connectivity index (χ1v) is 16.8. The molecule has 1 fully saturated rings. The number of nitrogens with zero attached hydrogens (tertiary/aromatic N) is 3. The smallest absolute Gasteiger partial charge is 0.418 e. The molecular formula is C36H40F6N4O4. The monoisotopic (exact) mass is 706 g/mol. The van der Waals surface area contributed by atoms with Gasteiger partial charge in [0.15, 0.2) is 0 Å². The first kappa shape index (κ1) is 37.1. The lowest BCUT2D eigenvalue weighted by atomic mass is 9.88. The number of hydrogen-bond acceptors (Lipinski definition) is 5. The summed E-state index contributed by atoms with van der Waals surface area (Å²) in [6.45, 7) is 3.40. The van der Waals surface area contributed by atoms with Crippen LogP contribution in [0.2, 0.25) is 0 Å². The van der Waals surface area contributed by atoms with Gasteiger partial charge in [-0.2, -0.15) is 18.3 Å². The van der Waals surface area contributed by atoms with E-state index in [1.165, 1.54) is 25.1 Å². The van der Waals surface area contributed by atoms with Gasteiger partial charge in [0.05, 0.1) is 23.7 Å². The Morgan fingerprint density at radius 2 is 1.68 bits per heavy atom. The molecule has 1 saturated heterocycles. The predicted octanol–water partition coefficient (Wildman–Crippen LogP) is 6.79. The molecule has 14 heteroatoms. The SMILES string of the molecule is Cc1cc2cc(c1F)[C@H](CC(=O)O)NC(=O)[C@@H](n1nc(CCN3CC(F)C3)c(C(F)(F)F)cc1=O)CCCCCCCc1cc(F)cc(C)c1-2. The van der Waals surface area contributed by atoms with E-state index >= 15 is 4.39 Å². The Morgan fingerprint density at radius 1 is 0.980 bits per heavy atom. The minimum atomic E-state index is -4.92. The molecule has 2 atom stereocenters. The van der Waals surface area contributed by atoms with E-state index in [4.69, 9.17) is 0 Å². The van der Waals surface area contributed by atoms with E-state index in [0.717, 1.165) is 6.42 Å². The van der Waals surface area contributed by atoms with Crippen molar-refractivity contribution in [1.82, 2.24) is 20.0 Å². The zero-order valence-corrected chi connectivity index (χ0v) is 27.9. The number of rotatable bonds is 6. The lowest BCUT2D eigenvalue weighted by Gasteiger charge is -2.34. The van der Waals surface area contributed by atoms with Crippen molar-refractivity contribution in [1.29, 1.82) is 0 Å². The molecule has 0 radical (unpaired) electrons. The van der Waals surface area contributed by atoms with Crippen LogP contribution in [0.25, 0.3) is 11.1 Å². The van der Waals surface area contributed by atoms with Crippen LogP contribution in [-0.2, 0) is 28.6 Å². The number of amides is 1. The van der Waals surface area contributed by atoms with Crippen molar-refractivity contribution in [2.75, 3.05) is 19.6 Å². The molecule has 8 nitrogen and oxygen atoms in total. The number of carboxylic acids is 1. The summed E-state index contributed by atoms with van der Waals surface area (Å²) in [6.07, 6.45) is -3.39. The van der Waals surface area contributed by atoms with Gasteiger partial charge in [-0.05, 0) is 85.2 Å². The highest BCUT2D eigenvalue weighted by molar-refractivity contribution is 5.82. The Kier molecular flexibility index (Phi) is 11.4. The minimum Gasteiger partial charge on any atom is -0.481 e. The Hall–Kier alpha value is -4.20. The van der Waals surface area contributed by atoms with Crippen LogP contribution in [0.15, 0.2) is 35.1 Å². The van der Waals surface area contributed by atoms with Crippen molar-refractivity contribution < 1.29 is 41.0 Å². The number of aliphatic carboxylic acids is 1. The highest BCUT2D eigenvalue weighted by atomic mass is 19.4. The highest BCUT2D eigenvalue weighted by Gasteiger charge is 2.37. The molecule has 2 N–H and O–H groups in total. The highest BCUT2D eigenvalue weighted by Crippen LogP contribution is 2.36. The number of likely N-dealkylation sites (tertiary alicyclic amines) is 1. The molecule has 0 spiro atoms. The van der Waals surface area contributed by atoms with Crippen molar-refractivity contribution in [3.05, 3.63) is 85.8 Å². The number of carbonyl (C=O) groups excluding carboxylic acids is 1. The van der Waals surface area contributed by atoms with Crippen LogP contribution in [0, 0.1) is 25.5 Å². The molecule has 0 aliphatic carbocycles. The molecular weight excluding hydrogens is 666 g/mol. The van der Waals surface area contributed by atoms with Crippen molar-refractivity contribution in [3.63, 3.8) is 0 Å². The number of carbonyl (C=O) groups is 2. The van der Waals surface area contributed by atoms with Crippen LogP contribution < -0.4 is 10.9 Å². The molecule has 1 aromatic heterocycles. The zero-order valence-electron chi connectivity index (χ0n) is 27.9. The fourth-order valence-corrected chi connectivity index (χ4v) is 6.96. The van der Waals surface area contributed by atoms with Gasteiger partial charge in [0.25, 0.3) is 5.56 Å². The maximum Gasteiger partial charge on any atom is 0.418 e. The fourth-order valence-electron chi connectivity index (χ4n) is 6.96. The average molecular weight is 707 g/mol. The molecule has 3 heterocycles. The quantitative estimate of drug-likeness (QED) is 0.274. The predicted molar refractivity (Wildman–Crippen MR) is 173 cm³/mol. The molecule has 2 bridgehead atoms. The number of carboxylic acid groups (broad SMARTS) is 1. The molecule has 1 amide bonds. The molecule has 0 saturated carbocycles. The van der Waals surface area contributed by atoms with E-state index in [0.29, 0.717) is 65.1 Å². The molecule has 2 aliphatic heterocycles. The first-order chi connectivity index (χ1) is 23.6. The van der Waals surface area contributed by atoms with Gasteiger partial charge >= 0.3 is 12.1 Å². The Bertz CT molecular complexity index is 1800. The van der Waals surface area contributed by atoms with Crippen LogP contribution in [0.3, 0.4) is 0 Å². The second kappa shape index (κ2) is 15.4. The van der Waals surface area contributed by atoms with Crippen molar-refractivity contribution >= 4 is 11.9 Å². The second-order valence-corrected chi connectivity index (χ2v) is 13.3. The third-order valence-electron chi connectivity index (χ3n) is 9.46. The summed E-state index contributed by atoms with van der Waals surface area (Å²) >= 11 is 0. The lowest BCUT2D eigenvalue weighted by Crippen LogP contribution is -2.49. The molecule has 5 rings (SSSR count). The lowest BCUT2D eigenvalue weighted by molar-refractivity contribution is -0.139. The molecule has 270 valence electrons. The largest absolute Gasteiger partial charge is 0.481 e. The molecule has 0 unspecified atom stereocenters. The standard InChI is InChI=1S/C36H40F6N4O4/c1-20-13-24(37)14-22-8-6-4-3-5-7-9-30(35(50)43-29(17-32(48)49)26-15-23(33(20)22)12-21(2)34(26)39)46-31(47)16-27(36(40,41)42)28(44-46)10-11-45-18-25(38)19-45/h12-16,25,29-30H,3-11,17-19H2,1-2H3,(H,43,50)(H,48,49)/t29-,30-/m0/s1. The van der Waals surface area contributed by atoms with Gasteiger partial charge in [-0.25, -0.2) is 17.9 Å². The van der Waals surface area contributed by atoms with Crippen molar-refractivity contribution in [3.8, 4) is 11.1 Å². The molecule has 50 heavy (non-hydrogen) atoms. The summed E-state index contributed by atoms with van der Waals surface area (Å²) in [5.74, 6) is -3.46. The molecule has 3 aromatic rings. The van der Waals surface area contributed by atoms with Crippen LogP contribution >= 0.6 is 0 Å². The van der Waals surface area contributed by atoms with Gasteiger partial charge in [0.1, 0.15) is 23.8 Å². The normalized spacial score (nSPS) is 19.8. The van der Waals surface area contributed by atoms with Crippen LogP contribution in [0.1, 0.15) is 90.5 Å². The number of benzene rings is 2.